The average molecular weight is 289 g/mol. The molecule has 1 heterocycles. The standard InChI is InChI=1S/C12H14Cl2N2O2/c1-8-2-4-15(5-3-8)12-10(13)6-9(16(17)18)7-11(12)14/h6-8H,2-5H2,1H3. The van der Waals surface area contributed by atoms with Gasteiger partial charge in [-0.2, -0.15) is 0 Å². The zero-order chi connectivity index (χ0) is 13.3. The van der Waals surface area contributed by atoms with E-state index in [0.29, 0.717) is 16.0 Å². The molecule has 1 aliphatic rings. The van der Waals surface area contributed by atoms with Crippen molar-refractivity contribution in [3.8, 4) is 0 Å². The molecule has 1 aliphatic heterocycles. The van der Waals surface area contributed by atoms with Crippen molar-refractivity contribution in [2.24, 2.45) is 5.92 Å². The Morgan fingerprint density at radius 2 is 1.78 bits per heavy atom. The minimum Gasteiger partial charge on any atom is -0.369 e. The number of non-ortho nitro benzene ring substituents is 1. The highest BCUT2D eigenvalue weighted by Crippen LogP contribution is 2.38. The van der Waals surface area contributed by atoms with Crippen molar-refractivity contribution in [3.05, 3.63) is 32.3 Å². The Morgan fingerprint density at radius 1 is 1.28 bits per heavy atom. The van der Waals surface area contributed by atoms with Crippen LogP contribution in [0.3, 0.4) is 0 Å². The van der Waals surface area contributed by atoms with Gasteiger partial charge in [-0.15, -0.1) is 0 Å². The molecular formula is C12H14Cl2N2O2. The molecule has 0 atom stereocenters. The van der Waals surface area contributed by atoms with Gasteiger partial charge in [0.25, 0.3) is 5.69 Å². The maximum atomic E-state index is 10.7. The number of rotatable bonds is 2. The number of benzene rings is 1. The first kappa shape index (κ1) is 13.4. The van der Waals surface area contributed by atoms with E-state index in [2.05, 4.69) is 11.8 Å². The first-order chi connectivity index (χ1) is 8.49. The summed E-state index contributed by atoms with van der Waals surface area (Å²) >= 11 is 12.2. The van der Waals surface area contributed by atoms with Gasteiger partial charge >= 0.3 is 0 Å². The van der Waals surface area contributed by atoms with E-state index in [-0.39, 0.29) is 5.69 Å². The molecule has 98 valence electrons. The predicted molar refractivity (Wildman–Crippen MR) is 73.7 cm³/mol. The van der Waals surface area contributed by atoms with Gasteiger partial charge in [-0.25, -0.2) is 0 Å². The lowest BCUT2D eigenvalue weighted by Gasteiger charge is -2.33. The molecule has 18 heavy (non-hydrogen) atoms. The normalized spacial score (nSPS) is 16.9. The molecule has 0 amide bonds. The van der Waals surface area contributed by atoms with Crippen molar-refractivity contribution in [3.63, 3.8) is 0 Å². The van der Waals surface area contributed by atoms with Gasteiger partial charge in [0, 0.05) is 25.2 Å². The van der Waals surface area contributed by atoms with Crippen molar-refractivity contribution in [1.29, 1.82) is 0 Å². The van der Waals surface area contributed by atoms with E-state index in [9.17, 15) is 10.1 Å². The molecule has 0 aliphatic carbocycles. The van der Waals surface area contributed by atoms with Crippen LogP contribution in [-0.4, -0.2) is 18.0 Å². The highest BCUT2D eigenvalue weighted by molar-refractivity contribution is 6.39. The van der Waals surface area contributed by atoms with Gasteiger partial charge in [-0.3, -0.25) is 10.1 Å². The van der Waals surface area contributed by atoms with E-state index >= 15 is 0 Å². The Kier molecular flexibility index (Phi) is 3.97. The summed E-state index contributed by atoms with van der Waals surface area (Å²) in [5, 5.41) is 11.4. The summed E-state index contributed by atoms with van der Waals surface area (Å²) in [6, 6.07) is 2.72. The van der Waals surface area contributed by atoms with Gasteiger partial charge < -0.3 is 4.90 Å². The van der Waals surface area contributed by atoms with Gasteiger partial charge in [-0.1, -0.05) is 30.1 Å². The van der Waals surface area contributed by atoms with E-state index in [1.54, 1.807) is 0 Å². The minimum atomic E-state index is -0.486. The molecular weight excluding hydrogens is 275 g/mol. The van der Waals surface area contributed by atoms with Crippen LogP contribution in [0.2, 0.25) is 10.0 Å². The van der Waals surface area contributed by atoms with Crippen LogP contribution in [0.4, 0.5) is 11.4 Å². The molecule has 0 N–H and O–H groups in total. The molecule has 6 heteroatoms. The van der Waals surface area contributed by atoms with Gasteiger partial charge in [0.2, 0.25) is 0 Å². The maximum Gasteiger partial charge on any atom is 0.272 e. The van der Waals surface area contributed by atoms with Crippen LogP contribution in [0.15, 0.2) is 12.1 Å². The lowest BCUT2D eigenvalue weighted by atomic mass is 9.99. The number of nitrogens with zero attached hydrogens (tertiary/aromatic N) is 2. The maximum absolute atomic E-state index is 10.7. The molecule has 1 aromatic carbocycles. The summed E-state index contributed by atoms with van der Waals surface area (Å²) in [4.78, 5) is 12.3. The van der Waals surface area contributed by atoms with Crippen molar-refractivity contribution < 1.29 is 4.92 Å². The molecule has 0 radical (unpaired) electrons. The van der Waals surface area contributed by atoms with Gasteiger partial charge in [-0.05, 0) is 18.8 Å². The number of piperidine rings is 1. The first-order valence-corrected chi connectivity index (χ1v) is 6.63. The molecule has 0 aromatic heterocycles. The first-order valence-electron chi connectivity index (χ1n) is 5.87. The van der Waals surface area contributed by atoms with Gasteiger partial charge in [0.05, 0.1) is 20.7 Å². The zero-order valence-electron chi connectivity index (χ0n) is 10.0. The van der Waals surface area contributed by atoms with Crippen molar-refractivity contribution in [1.82, 2.24) is 0 Å². The molecule has 1 aromatic rings. The fraction of sp³-hybridized carbons (Fsp3) is 0.500. The Labute approximate surface area is 116 Å². The second-order valence-electron chi connectivity index (χ2n) is 4.68. The van der Waals surface area contributed by atoms with Crippen molar-refractivity contribution in [2.45, 2.75) is 19.8 Å². The van der Waals surface area contributed by atoms with E-state index in [1.165, 1.54) is 12.1 Å². The summed E-state index contributed by atoms with van der Waals surface area (Å²) in [5.74, 6) is 0.705. The van der Waals surface area contributed by atoms with Crippen LogP contribution in [0.1, 0.15) is 19.8 Å². The molecule has 0 spiro atoms. The van der Waals surface area contributed by atoms with Crippen LogP contribution < -0.4 is 4.90 Å². The Morgan fingerprint density at radius 3 is 2.22 bits per heavy atom. The van der Waals surface area contributed by atoms with E-state index in [4.69, 9.17) is 23.2 Å². The molecule has 1 saturated heterocycles. The SMILES string of the molecule is CC1CCN(c2c(Cl)cc([N+](=O)[O-])cc2Cl)CC1. The largest absolute Gasteiger partial charge is 0.369 e. The van der Waals surface area contributed by atoms with Crippen LogP contribution in [0, 0.1) is 16.0 Å². The van der Waals surface area contributed by atoms with Gasteiger partial charge in [0.15, 0.2) is 0 Å². The minimum absolute atomic E-state index is 0.0703. The fourth-order valence-corrected chi connectivity index (χ4v) is 2.91. The highest BCUT2D eigenvalue weighted by Gasteiger charge is 2.22. The average Bonchev–Trinajstić information content (AvgIpc) is 2.30. The predicted octanol–water partition coefficient (Wildman–Crippen LogP) is 4.14. The fourth-order valence-electron chi connectivity index (χ4n) is 2.19. The summed E-state index contributed by atoms with van der Waals surface area (Å²) < 4.78 is 0. The third-order valence-corrected chi connectivity index (χ3v) is 3.89. The number of hydrogen-bond acceptors (Lipinski definition) is 3. The van der Waals surface area contributed by atoms with Crippen molar-refractivity contribution in [2.75, 3.05) is 18.0 Å². The molecule has 0 unspecified atom stereocenters. The smallest absolute Gasteiger partial charge is 0.272 e. The quantitative estimate of drug-likeness (QED) is 0.607. The topological polar surface area (TPSA) is 46.4 Å². The molecule has 2 rings (SSSR count). The highest BCUT2D eigenvalue weighted by atomic mass is 35.5. The Bertz CT molecular complexity index is 448. The number of anilines is 1. The lowest BCUT2D eigenvalue weighted by molar-refractivity contribution is -0.384. The van der Waals surface area contributed by atoms with Crippen LogP contribution in [0.5, 0.6) is 0 Å². The number of nitro benzene ring substituents is 1. The van der Waals surface area contributed by atoms with Crippen LogP contribution in [0.25, 0.3) is 0 Å². The Balaban J connectivity index is 2.31. The second kappa shape index (κ2) is 5.33. The summed E-state index contributed by atoms with van der Waals surface area (Å²) in [7, 11) is 0. The monoisotopic (exact) mass is 288 g/mol. The zero-order valence-corrected chi connectivity index (χ0v) is 11.5. The third kappa shape index (κ3) is 2.70. The molecule has 0 saturated carbocycles. The molecule has 1 fully saturated rings. The summed E-state index contributed by atoms with van der Waals surface area (Å²) in [5.41, 5.74) is 0.648. The number of nitro groups is 1. The van der Waals surface area contributed by atoms with Gasteiger partial charge in [0.1, 0.15) is 0 Å². The van der Waals surface area contributed by atoms with E-state index in [1.807, 2.05) is 0 Å². The third-order valence-electron chi connectivity index (χ3n) is 3.31. The summed E-state index contributed by atoms with van der Waals surface area (Å²) in [6.07, 6.45) is 2.17. The Hall–Kier alpha value is -1.00. The number of halogens is 2. The summed E-state index contributed by atoms with van der Waals surface area (Å²) in [6.45, 7) is 3.99. The molecule has 4 nitrogen and oxygen atoms in total. The number of hydrogen-bond donors (Lipinski definition) is 0. The second-order valence-corrected chi connectivity index (χ2v) is 5.50. The van der Waals surface area contributed by atoms with Crippen LogP contribution in [-0.2, 0) is 0 Å². The van der Waals surface area contributed by atoms with E-state index < -0.39 is 4.92 Å². The van der Waals surface area contributed by atoms with Crippen molar-refractivity contribution >= 4 is 34.6 Å². The van der Waals surface area contributed by atoms with E-state index in [0.717, 1.165) is 31.6 Å². The van der Waals surface area contributed by atoms with Crippen LogP contribution >= 0.6 is 23.2 Å². The lowest BCUT2D eigenvalue weighted by Crippen LogP contribution is -2.33. The molecule has 0 bridgehead atoms.